The van der Waals surface area contributed by atoms with E-state index in [0.717, 1.165) is 30.7 Å². The average molecular weight is 343 g/mol. The van der Waals surface area contributed by atoms with Gasteiger partial charge in [-0.15, -0.1) is 0 Å². The maximum atomic E-state index is 13.1. The van der Waals surface area contributed by atoms with Crippen molar-refractivity contribution in [2.24, 2.45) is 0 Å². The molecule has 4 nitrogen and oxygen atoms in total. The van der Waals surface area contributed by atoms with Gasteiger partial charge in [-0.1, -0.05) is 35.9 Å². The molecule has 2 atom stereocenters. The summed E-state index contributed by atoms with van der Waals surface area (Å²) in [6, 6.07) is 15.3. The number of nitrogens with one attached hydrogen (secondary N) is 1. The SMILES string of the molecule is O=C1c2ccccc2NC(c2cccc(Cl)c2)N1CC1CCCO1. The monoisotopic (exact) mass is 342 g/mol. The fourth-order valence-corrected chi connectivity index (χ4v) is 3.63. The number of amides is 1. The van der Waals surface area contributed by atoms with E-state index in [2.05, 4.69) is 5.32 Å². The molecule has 0 radical (unpaired) electrons. The molecule has 4 rings (SSSR count). The number of rotatable bonds is 3. The molecule has 24 heavy (non-hydrogen) atoms. The first-order chi connectivity index (χ1) is 11.7. The van der Waals surface area contributed by atoms with Crippen molar-refractivity contribution in [2.45, 2.75) is 25.1 Å². The van der Waals surface area contributed by atoms with Crippen molar-refractivity contribution in [3.05, 3.63) is 64.7 Å². The molecule has 2 aromatic rings. The Morgan fingerprint density at radius 3 is 2.88 bits per heavy atom. The lowest BCUT2D eigenvalue weighted by Crippen LogP contribution is -2.46. The fourth-order valence-electron chi connectivity index (χ4n) is 3.43. The molecule has 124 valence electrons. The summed E-state index contributed by atoms with van der Waals surface area (Å²) in [7, 11) is 0. The summed E-state index contributed by atoms with van der Waals surface area (Å²) in [4.78, 5) is 14.9. The Morgan fingerprint density at radius 1 is 1.21 bits per heavy atom. The summed E-state index contributed by atoms with van der Waals surface area (Å²) in [5, 5.41) is 4.15. The number of carbonyl (C=O) groups is 1. The third-order valence-electron chi connectivity index (χ3n) is 4.61. The second-order valence-electron chi connectivity index (χ2n) is 6.24. The van der Waals surface area contributed by atoms with E-state index in [1.54, 1.807) is 0 Å². The first-order valence-corrected chi connectivity index (χ1v) is 8.64. The van der Waals surface area contributed by atoms with Gasteiger partial charge in [0.15, 0.2) is 0 Å². The van der Waals surface area contributed by atoms with Crippen LogP contribution in [-0.4, -0.2) is 30.1 Å². The van der Waals surface area contributed by atoms with E-state index in [1.165, 1.54) is 0 Å². The van der Waals surface area contributed by atoms with Crippen molar-refractivity contribution in [1.82, 2.24) is 4.90 Å². The van der Waals surface area contributed by atoms with Crippen LogP contribution in [0.2, 0.25) is 5.02 Å². The standard InChI is InChI=1S/C19H19ClN2O2/c20-14-6-3-5-13(11-14)18-21-17-9-2-1-8-16(17)19(23)22(18)12-15-7-4-10-24-15/h1-3,5-6,8-9,11,15,18,21H,4,7,10,12H2. The first kappa shape index (κ1) is 15.5. The zero-order chi connectivity index (χ0) is 16.5. The van der Waals surface area contributed by atoms with Crippen molar-refractivity contribution in [1.29, 1.82) is 0 Å². The molecule has 0 aliphatic carbocycles. The van der Waals surface area contributed by atoms with Crippen LogP contribution in [0.4, 0.5) is 5.69 Å². The van der Waals surface area contributed by atoms with Crippen LogP contribution in [0.25, 0.3) is 0 Å². The molecule has 2 heterocycles. The third kappa shape index (κ3) is 2.87. The molecular weight excluding hydrogens is 324 g/mol. The van der Waals surface area contributed by atoms with E-state index < -0.39 is 0 Å². The van der Waals surface area contributed by atoms with Gasteiger partial charge in [-0.05, 0) is 42.7 Å². The number of para-hydroxylation sites is 1. The lowest BCUT2D eigenvalue weighted by atomic mass is 10.0. The Kier molecular flexibility index (Phi) is 4.17. The van der Waals surface area contributed by atoms with Crippen molar-refractivity contribution < 1.29 is 9.53 Å². The molecule has 1 fully saturated rings. The number of benzene rings is 2. The molecule has 2 aliphatic rings. The highest BCUT2D eigenvalue weighted by Gasteiger charge is 2.35. The van der Waals surface area contributed by atoms with E-state index in [4.69, 9.17) is 16.3 Å². The number of halogens is 1. The quantitative estimate of drug-likeness (QED) is 0.913. The molecule has 0 saturated carbocycles. The highest BCUT2D eigenvalue weighted by molar-refractivity contribution is 6.30. The smallest absolute Gasteiger partial charge is 0.257 e. The molecule has 2 aliphatic heterocycles. The largest absolute Gasteiger partial charge is 0.376 e. The number of nitrogens with zero attached hydrogens (tertiary/aromatic N) is 1. The van der Waals surface area contributed by atoms with Crippen LogP contribution in [0.15, 0.2) is 48.5 Å². The summed E-state index contributed by atoms with van der Waals surface area (Å²) >= 11 is 6.16. The normalized spacial score (nSPS) is 23.0. The number of ether oxygens (including phenoxy) is 1. The van der Waals surface area contributed by atoms with Crippen molar-refractivity contribution in [2.75, 3.05) is 18.5 Å². The molecular formula is C19H19ClN2O2. The Morgan fingerprint density at radius 2 is 2.08 bits per heavy atom. The third-order valence-corrected chi connectivity index (χ3v) is 4.85. The zero-order valence-electron chi connectivity index (χ0n) is 13.2. The second kappa shape index (κ2) is 6.46. The van der Waals surface area contributed by atoms with Gasteiger partial charge in [-0.3, -0.25) is 4.79 Å². The van der Waals surface area contributed by atoms with Crippen LogP contribution in [-0.2, 0) is 4.74 Å². The first-order valence-electron chi connectivity index (χ1n) is 8.26. The summed E-state index contributed by atoms with van der Waals surface area (Å²) in [6.45, 7) is 1.36. The summed E-state index contributed by atoms with van der Waals surface area (Å²) in [6.07, 6.45) is 1.91. The van der Waals surface area contributed by atoms with Gasteiger partial charge in [0.2, 0.25) is 0 Å². The molecule has 1 amide bonds. The van der Waals surface area contributed by atoms with Crippen LogP contribution in [0.1, 0.15) is 34.9 Å². The molecule has 0 aromatic heterocycles. The predicted octanol–water partition coefficient (Wildman–Crippen LogP) is 4.09. The van der Waals surface area contributed by atoms with E-state index in [-0.39, 0.29) is 18.2 Å². The Hall–Kier alpha value is -2.04. The van der Waals surface area contributed by atoms with Gasteiger partial charge in [-0.25, -0.2) is 0 Å². The molecule has 0 bridgehead atoms. The maximum absolute atomic E-state index is 13.1. The van der Waals surface area contributed by atoms with Gasteiger partial charge in [0.25, 0.3) is 5.91 Å². The van der Waals surface area contributed by atoms with E-state index in [0.29, 0.717) is 17.1 Å². The molecule has 5 heteroatoms. The number of hydrogen-bond acceptors (Lipinski definition) is 3. The minimum absolute atomic E-state index is 0.0322. The minimum atomic E-state index is -0.240. The fraction of sp³-hybridized carbons (Fsp3) is 0.316. The average Bonchev–Trinajstić information content (AvgIpc) is 3.10. The van der Waals surface area contributed by atoms with Crippen LogP contribution in [0, 0.1) is 0 Å². The van der Waals surface area contributed by atoms with Gasteiger partial charge in [0, 0.05) is 23.9 Å². The van der Waals surface area contributed by atoms with Crippen LogP contribution in [0.5, 0.6) is 0 Å². The van der Waals surface area contributed by atoms with E-state index >= 15 is 0 Å². The second-order valence-corrected chi connectivity index (χ2v) is 6.68. The summed E-state index contributed by atoms with van der Waals surface area (Å²) < 4.78 is 5.75. The van der Waals surface area contributed by atoms with E-state index in [9.17, 15) is 4.79 Å². The highest BCUT2D eigenvalue weighted by atomic mass is 35.5. The lowest BCUT2D eigenvalue weighted by molar-refractivity contribution is 0.0427. The summed E-state index contributed by atoms with van der Waals surface area (Å²) in [5.74, 6) is 0.0322. The van der Waals surface area contributed by atoms with E-state index in [1.807, 2.05) is 53.4 Å². The minimum Gasteiger partial charge on any atom is -0.376 e. The number of carbonyl (C=O) groups excluding carboxylic acids is 1. The Bertz CT molecular complexity index is 759. The highest BCUT2D eigenvalue weighted by Crippen LogP contribution is 2.34. The molecule has 2 unspecified atom stereocenters. The molecule has 1 saturated heterocycles. The van der Waals surface area contributed by atoms with Crippen LogP contribution < -0.4 is 5.32 Å². The van der Waals surface area contributed by atoms with Crippen LogP contribution >= 0.6 is 11.6 Å². The van der Waals surface area contributed by atoms with Gasteiger partial charge < -0.3 is 15.0 Å². The number of anilines is 1. The predicted molar refractivity (Wildman–Crippen MR) is 94.3 cm³/mol. The van der Waals surface area contributed by atoms with Gasteiger partial charge >= 0.3 is 0 Å². The zero-order valence-corrected chi connectivity index (χ0v) is 14.0. The molecule has 0 spiro atoms. The Labute approximate surface area is 146 Å². The van der Waals surface area contributed by atoms with Crippen LogP contribution in [0.3, 0.4) is 0 Å². The molecule has 1 N–H and O–H groups in total. The van der Waals surface area contributed by atoms with Crippen molar-refractivity contribution in [3.8, 4) is 0 Å². The van der Waals surface area contributed by atoms with Crippen molar-refractivity contribution >= 4 is 23.2 Å². The lowest BCUT2D eigenvalue weighted by Gasteiger charge is -2.39. The maximum Gasteiger partial charge on any atom is 0.257 e. The number of hydrogen-bond donors (Lipinski definition) is 1. The number of fused-ring (bicyclic) bond motifs is 1. The topological polar surface area (TPSA) is 41.6 Å². The Balaban J connectivity index is 1.72. The van der Waals surface area contributed by atoms with Gasteiger partial charge in [-0.2, -0.15) is 0 Å². The van der Waals surface area contributed by atoms with Gasteiger partial charge in [0.05, 0.1) is 11.7 Å². The van der Waals surface area contributed by atoms with Gasteiger partial charge in [0.1, 0.15) is 6.17 Å². The molecule has 2 aromatic carbocycles. The summed E-state index contributed by atoms with van der Waals surface area (Å²) in [5.41, 5.74) is 2.54. The van der Waals surface area contributed by atoms with Crippen molar-refractivity contribution in [3.63, 3.8) is 0 Å².